The Morgan fingerprint density at radius 1 is 0.944 bits per heavy atom. The Balaban J connectivity index is 1.65. The molecule has 0 unspecified atom stereocenters. The highest BCUT2D eigenvalue weighted by atomic mass is 15.2. The van der Waals surface area contributed by atoms with Crippen LogP contribution in [0.15, 0.2) is 37.1 Å². The van der Waals surface area contributed by atoms with Gasteiger partial charge in [-0.15, -0.1) is 0 Å². The molecule has 5 heteroatoms. The molecular formula is C13H15N5. The molecule has 0 radical (unpaired) electrons. The van der Waals surface area contributed by atoms with Gasteiger partial charge in [0.1, 0.15) is 0 Å². The van der Waals surface area contributed by atoms with Gasteiger partial charge in [-0.1, -0.05) is 0 Å². The van der Waals surface area contributed by atoms with Crippen molar-refractivity contribution in [1.82, 2.24) is 19.9 Å². The molecule has 0 saturated carbocycles. The first-order valence-corrected chi connectivity index (χ1v) is 6.21. The van der Waals surface area contributed by atoms with Gasteiger partial charge in [0.25, 0.3) is 0 Å². The molecule has 0 amide bonds. The molecule has 1 saturated heterocycles. The second-order valence-corrected chi connectivity index (χ2v) is 4.44. The summed E-state index contributed by atoms with van der Waals surface area (Å²) in [6.07, 6.45) is 11.1. The van der Waals surface area contributed by atoms with Crippen LogP contribution in [0.5, 0.6) is 0 Å². The Hall–Kier alpha value is -2.04. The smallest absolute Gasteiger partial charge is 0.225 e. The van der Waals surface area contributed by atoms with E-state index in [2.05, 4.69) is 24.8 Å². The van der Waals surface area contributed by atoms with Gasteiger partial charge in [-0.05, 0) is 18.9 Å². The van der Waals surface area contributed by atoms with E-state index in [4.69, 9.17) is 0 Å². The largest absolute Gasteiger partial charge is 0.341 e. The Labute approximate surface area is 106 Å². The molecule has 3 rings (SSSR count). The number of aromatic nitrogens is 4. The van der Waals surface area contributed by atoms with Crippen molar-refractivity contribution >= 4 is 5.95 Å². The van der Waals surface area contributed by atoms with E-state index in [-0.39, 0.29) is 0 Å². The molecule has 0 aliphatic carbocycles. The van der Waals surface area contributed by atoms with Crippen LogP contribution >= 0.6 is 0 Å². The molecule has 1 aliphatic rings. The van der Waals surface area contributed by atoms with Crippen molar-refractivity contribution in [1.29, 1.82) is 0 Å². The molecule has 0 aromatic carbocycles. The summed E-state index contributed by atoms with van der Waals surface area (Å²) in [6, 6.07) is 1.84. The van der Waals surface area contributed by atoms with Crippen LogP contribution in [0.3, 0.4) is 0 Å². The van der Waals surface area contributed by atoms with Crippen LogP contribution in [0.4, 0.5) is 5.95 Å². The predicted octanol–water partition coefficient (Wildman–Crippen LogP) is 1.65. The molecule has 1 fully saturated rings. The highest BCUT2D eigenvalue weighted by molar-refractivity contribution is 5.29. The van der Waals surface area contributed by atoms with Gasteiger partial charge in [-0.2, -0.15) is 0 Å². The first-order valence-electron chi connectivity index (χ1n) is 6.21. The van der Waals surface area contributed by atoms with Crippen LogP contribution in [0, 0.1) is 0 Å². The predicted molar refractivity (Wildman–Crippen MR) is 68.3 cm³/mol. The van der Waals surface area contributed by atoms with E-state index in [1.54, 1.807) is 24.8 Å². The van der Waals surface area contributed by atoms with Crippen LogP contribution in [0.1, 0.15) is 24.5 Å². The lowest BCUT2D eigenvalue weighted by Gasteiger charge is -2.31. The number of rotatable bonds is 2. The Morgan fingerprint density at radius 3 is 2.39 bits per heavy atom. The van der Waals surface area contributed by atoms with Crippen molar-refractivity contribution in [2.75, 3.05) is 18.0 Å². The lowest BCUT2D eigenvalue weighted by Crippen LogP contribution is -2.34. The summed E-state index contributed by atoms with van der Waals surface area (Å²) in [7, 11) is 0. The Morgan fingerprint density at radius 2 is 1.72 bits per heavy atom. The molecular weight excluding hydrogens is 226 g/mol. The third kappa shape index (κ3) is 2.30. The van der Waals surface area contributed by atoms with Crippen molar-refractivity contribution < 1.29 is 0 Å². The zero-order chi connectivity index (χ0) is 12.2. The molecule has 0 atom stereocenters. The zero-order valence-corrected chi connectivity index (χ0v) is 10.1. The third-order valence-corrected chi connectivity index (χ3v) is 3.33. The highest BCUT2D eigenvalue weighted by Gasteiger charge is 2.22. The number of hydrogen-bond donors (Lipinski definition) is 0. The number of nitrogens with zero attached hydrogens (tertiary/aromatic N) is 5. The first kappa shape index (κ1) is 11.1. The Kier molecular flexibility index (Phi) is 3.12. The summed E-state index contributed by atoms with van der Waals surface area (Å²) in [5.41, 5.74) is 1.10. The van der Waals surface area contributed by atoms with Crippen LogP contribution in [-0.2, 0) is 0 Å². The van der Waals surface area contributed by atoms with Gasteiger partial charge >= 0.3 is 0 Å². The van der Waals surface area contributed by atoms with E-state index in [0.29, 0.717) is 5.92 Å². The third-order valence-electron chi connectivity index (χ3n) is 3.33. The SMILES string of the molecule is c1cnc(N2CCC(c3cnccn3)CC2)nc1. The lowest BCUT2D eigenvalue weighted by molar-refractivity contribution is 0.489. The zero-order valence-electron chi connectivity index (χ0n) is 10.1. The molecule has 0 spiro atoms. The van der Waals surface area contributed by atoms with E-state index in [1.807, 2.05) is 12.3 Å². The topological polar surface area (TPSA) is 54.8 Å². The molecule has 92 valence electrons. The first-order chi connectivity index (χ1) is 8.93. The van der Waals surface area contributed by atoms with Crippen LogP contribution in [0.2, 0.25) is 0 Å². The standard InChI is InChI=1S/C13H15N5/c1-4-16-13(17-5-1)18-8-2-11(3-9-18)12-10-14-6-7-15-12/h1,4-7,10-11H,2-3,8-9H2. The number of piperidine rings is 1. The van der Waals surface area contributed by atoms with Crippen LogP contribution in [-0.4, -0.2) is 33.0 Å². The summed E-state index contributed by atoms with van der Waals surface area (Å²) in [5, 5.41) is 0. The van der Waals surface area contributed by atoms with E-state index in [1.165, 1.54) is 0 Å². The molecule has 0 bridgehead atoms. The van der Waals surface area contributed by atoms with E-state index < -0.39 is 0 Å². The summed E-state index contributed by atoms with van der Waals surface area (Å²) < 4.78 is 0. The lowest BCUT2D eigenvalue weighted by atomic mass is 9.94. The van der Waals surface area contributed by atoms with Crippen LogP contribution in [0.25, 0.3) is 0 Å². The van der Waals surface area contributed by atoms with Crippen molar-refractivity contribution in [3.05, 3.63) is 42.7 Å². The maximum Gasteiger partial charge on any atom is 0.225 e. The fraction of sp³-hybridized carbons (Fsp3) is 0.385. The van der Waals surface area contributed by atoms with Gasteiger partial charge in [-0.25, -0.2) is 9.97 Å². The summed E-state index contributed by atoms with van der Waals surface area (Å²) in [6.45, 7) is 1.95. The molecule has 3 heterocycles. The Bertz CT molecular complexity index is 432. The normalized spacial score (nSPS) is 16.8. The maximum atomic E-state index is 4.39. The van der Waals surface area contributed by atoms with Gasteiger partial charge in [-0.3, -0.25) is 9.97 Å². The number of hydrogen-bond acceptors (Lipinski definition) is 5. The van der Waals surface area contributed by atoms with Crippen molar-refractivity contribution in [2.45, 2.75) is 18.8 Å². The van der Waals surface area contributed by atoms with Gasteiger partial charge < -0.3 is 4.90 Å². The summed E-state index contributed by atoms with van der Waals surface area (Å²) in [4.78, 5) is 19.3. The maximum absolute atomic E-state index is 4.39. The van der Waals surface area contributed by atoms with Crippen molar-refractivity contribution in [3.63, 3.8) is 0 Å². The highest BCUT2D eigenvalue weighted by Crippen LogP contribution is 2.27. The van der Waals surface area contributed by atoms with E-state index in [9.17, 15) is 0 Å². The molecule has 1 aliphatic heterocycles. The molecule has 0 N–H and O–H groups in total. The van der Waals surface area contributed by atoms with Gasteiger partial charge in [0.2, 0.25) is 5.95 Å². The molecule has 5 nitrogen and oxygen atoms in total. The average Bonchev–Trinajstić information content (AvgIpc) is 2.49. The monoisotopic (exact) mass is 241 g/mol. The number of anilines is 1. The molecule has 2 aromatic heterocycles. The minimum Gasteiger partial charge on any atom is -0.341 e. The fourth-order valence-electron chi connectivity index (χ4n) is 2.35. The second-order valence-electron chi connectivity index (χ2n) is 4.44. The molecule has 18 heavy (non-hydrogen) atoms. The summed E-state index contributed by atoms with van der Waals surface area (Å²) in [5.74, 6) is 1.34. The minimum absolute atomic E-state index is 0.513. The minimum atomic E-state index is 0.513. The van der Waals surface area contributed by atoms with Gasteiger partial charge in [0.15, 0.2) is 0 Å². The van der Waals surface area contributed by atoms with Crippen molar-refractivity contribution in [3.8, 4) is 0 Å². The fourth-order valence-corrected chi connectivity index (χ4v) is 2.35. The summed E-state index contributed by atoms with van der Waals surface area (Å²) >= 11 is 0. The van der Waals surface area contributed by atoms with Gasteiger partial charge in [0.05, 0.1) is 5.69 Å². The van der Waals surface area contributed by atoms with Crippen LogP contribution < -0.4 is 4.90 Å². The average molecular weight is 241 g/mol. The molecule has 2 aromatic rings. The quantitative estimate of drug-likeness (QED) is 0.800. The second kappa shape index (κ2) is 5.08. The van der Waals surface area contributed by atoms with E-state index in [0.717, 1.165) is 37.6 Å². The van der Waals surface area contributed by atoms with Crippen molar-refractivity contribution in [2.24, 2.45) is 0 Å². The van der Waals surface area contributed by atoms with E-state index >= 15 is 0 Å². The van der Waals surface area contributed by atoms with Gasteiger partial charge in [0, 0.05) is 50.0 Å².